The molecular weight excluding hydrogens is 368 g/mol. The van der Waals surface area contributed by atoms with Crippen molar-refractivity contribution in [1.82, 2.24) is 10.3 Å². The van der Waals surface area contributed by atoms with Gasteiger partial charge in [-0.15, -0.1) is 0 Å². The first-order valence-corrected chi connectivity index (χ1v) is 8.47. The number of hydrogen-bond donors (Lipinski definition) is 1. The van der Waals surface area contributed by atoms with E-state index < -0.39 is 11.7 Å². The number of nitrogens with one attached hydrogen (secondary N) is 1. The van der Waals surface area contributed by atoms with Crippen molar-refractivity contribution < 1.29 is 9.53 Å². The summed E-state index contributed by atoms with van der Waals surface area (Å²) in [4.78, 5) is 15.8. The minimum Gasteiger partial charge on any atom is -0.444 e. The lowest BCUT2D eigenvalue weighted by atomic mass is 10.1. The van der Waals surface area contributed by atoms with Gasteiger partial charge >= 0.3 is 6.09 Å². The van der Waals surface area contributed by atoms with Crippen LogP contribution in [0.25, 0.3) is 12.2 Å². The van der Waals surface area contributed by atoms with Crippen LogP contribution in [0.5, 0.6) is 0 Å². The Morgan fingerprint density at radius 3 is 2.54 bits per heavy atom. The highest BCUT2D eigenvalue weighted by atomic mass is 79.9. The molecule has 0 spiro atoms. The topological polar surface area (TPSA) is 51.2 Å². The number of alkyl carbamates (subject to hydrolysis) is 1. The number of pyridine rings is 1. The van der Waals surface area contributed by atoms with Crippen LogP contribution in [0.15, 0.2) is 47.2 Å². The van der Waals surface area contributed by atoms with E-state index in [4.69, 9.17) is 4.74 Å². The molecule has 2 aromatic rings. The minimum atomic E-state index is -0.487. The number of nitrogens with zero attached hydrogens (tertiary/aromatic N) is 1. The van der Waals surface area contributed by atoms with Crippen molar-refractivity contribution in [2.45, 2.75) is 32.9 Å². The molecule has 2 rings (SSSR count). The van der Waals surface area contributed by atoms with Crippen molar-refractivity contribution in [3.8, 4) is 0 Å². The number of amides is 1. The zero-order valence-electron chi connectivity index (χ0n) is 14.0. The molecule has 24 heavy (non-hydrogen) atoms. The second-order valence-electron chi connectivity index (χ2n) is 6.31. The molecule has 126 valence electrons. The lowest BCUT2D eigenvalue weighted by molar-refractivity contribution is 0.0523. The summed E-state index contributed by atoms with van der Waals surface area (Å²) in [5.41, 5.74) is 2.62. The van der Waals surface area contributed by atoms with Gasteiger partial charge < -0.3 is 10.1 Å². The molecule has 0 aliphatic rings. The fraction of sp³-hybridized carbons (Fsp3) is 0.263. The standard InChI is InChI=1S/C19H21BrN2O2/c1-19(2,3)24-18(23)22-13-15-8-6-14(7-9-15)10-11-16-5-4-12-21-17(16)20/h4-12H,13H2,1-3H3,(H,22,23)/b11-10+. The van der Waals surface area contributed by atoms with Gasteiger partial charge in [0, 0.05) is 18.3 Å². The molecule has 4 nitrogen and oxygen atoms in total. The monoisotopic (exact) mass is 388 g/mol. The molecular formula is C19H21BrN2O2. The van der Waals surface area contributed by atoms with Crippen LogP contribution in [0.4, 0.5) is 4.79 Å². The maximum Gasteiger partial charge on any atom is 0.407 e. The summed E-state index contributed by atoms with van der Waals surface area (Å²) in [6, 6.07) is 11.9. The number of benzene rings is 1. The van der Waals surface area contributed by atoms with E-state index in [-0.39, 0.29) is 0 Å². The van der Waals surface area contributed by atoms with Crippen molar-refractivity contribution in [1.29, 1.82) is 0 Å². The highest BCUT2D eigenvalue weighted by Crippen LogP contribution is 2.16. The largest absolute Gasteiger partial charge is 0.444 e. The second kappa shape index (κ2) is 8.11. The van der Waals surface area contributed by atoms with Gasteiger partial charge in [-0.1, -0.05) is 42.5 Å². The maximum absolute atomic E-state index is 11.6. The van der Waals surface area contributed by atoms with Gasteiger partial charge in [-0.25, -0.2) is 9.78 Å². The zero-order valence-corrected chi connectivity index (χ0v) is 15.6. The zero-order chi connectivity index (χ0) is 17.6. The molecule has 0 saturated heterocycles. The van der Waals surface area contributed by atoms with Crippen LogP contribution in [-0.4, -0.2) is 16.7 Å². The molecule has 0 atom stereocenters. The molecule has 1 aromatic carbocycles. The first-order chi connectivity index (χ1) is 11.3. The third-order valence-electron chi connectivity index (χ3n) is 3.06. The summed E-state index contributed by atoms with van der Waals surface area (Å²) < 4.78 is 6.03. The van der Waals surface area contributed by atoms with Crippen molar-refractivity contribution in [2.75, 3.05) is 0 Å². The smallest absolute Gasteiger partial charge is 0.407 e. The van der Waals surface area contributed by atoms with E-state index in [1.807, 2.05) is 69.3 Å². The van der Waals surface area contributed by atoms with Gasteiger partial charge in [0.15, 0.2) is 0 Å². The fourth-order valence-electron chi connectivity index (χ4n) is 1.94. The third-order valence-corrected chi connectivity index (χ3v) is 3.72. The average molecular weight is 389 g/mol. The van der Waals surface area contributed by atoms with E-state index in [1.54, 1.807) is 6.20 Å². The number of carbonyl (C=O) groups is 1. The lowest BCUT2D eigenvalue weighted by Gasteiger charge is -2.19. The Hall–Kier alpha value is -2.14. The molecule has 0 aliphatic carbocycles. The van der Waals surface area contributed by atoms with Gasteiger partial charge in [-0.05, 0) is 53.9 Å². The second-order valence-corrected chi connectivity index (χ2v) is 7.06. The number of halogens is 1. The number of aromatic nitrogens is 1. The molecule has 1 N–H and O–H groups in total. The lowest BCUT2D eigenvalue weighted by Crippen LogP contribution is -2.32. The summed E-state index contributed by atoms with van der Waals surface area (Å²) in [6.45, 7) is 5.96. The Kier molecular flexibility index (Phi) is 6.15. The number of rotatable bonds is 4. The fourth-order valence-corrected chi connectivity index (χ4v) is 2.33. The Balaban J connectivity index is 1.91. The Morgan fingerprint density at radius 1 is 1.21 bits per heavy atom. The third kappa shape index (κ3) is 6.16. The van der Waals surface area contributed by atoms with E-state index >= 15 is 0 Å². The van der Waals surface area contributed by atoms with Gasteiger partial charge in [0.2, 0.25) is 0 Å². The number of ether oxygens (including phenoxy) is 1. The van der Waals surface area contributed by atoms with Crippen LogP contribution in [0, 0.1) is 0 Å². The van der Waals surface area contributed by atoms with Gasteiger partial charge in [0.1, 0.15) is 10.2 Å². The van der Waals surface area contributed by atoms with Crippen molar-refractivity contribution in [3.63, 3.8) is 0 Å². The van der Waals surface area contributed by atoms with Crippen LogP contribution >= 0.6 is 15.9 Å². The quantitative estimate of drug-likeness (QED) is 0.746. The van der Waals surface area contributed by atoms with Crippen LogP contribution in [-0.2, 0) is 11.3 Å². The summed E-state index contributed by atoms with van der Waals surface area (Å²) in [7, 11) is 0. The Bertz CT molecular complexity index is 719. The molecule has 0 radical (unpaired) electrons. The highest BCUT2D eigenvalue weighted by Gasteiger charge is 2.15. The van der Waals surface area contributed by atoms with Gasteiger partial charge in [-0.2, -0.15) is 0 Å². The molecule has 1 aromatic heterocycles. The number of carbonyl (C=O) groups excluding carboxylic acids is 1. The van der Waals surface area contributed by atoms with Crippen LogP contribution in [0.3, 0.4) is 0 Å². The van der Waals surface area contributed by atoms with Gasteiger partial charge in [-0.3, -0.25) is 0 Å². The summed E-state index contributed by atoms with van der Waals surface area (Å²) in [6.07, 6.45) is 5.36. The normalized spacial score (nSPS) is 11.5. The minimum absolute atomic E-state index is 0.409. The SMILES string of the molecule is CC(C)(C)OC(=O)NCc1ccc(/C=C/c2cccnc2Br)cc1. The molecule has 0 bridgehead atoms. The maximum atomic E-state index is 11.6. The molecule has 0 fully saturated rings. The summed E-state index contributed by atoms with van der Waals surface area (Å²) in [5, 5.41) is 2.75. The van der Waals surface area contributed by atoms with Crippen LogP contribution in [0.2, 0.25) is 0 Å². The average Bonchev–Trinajstić information content (AvgIpc) is 2.51. The van der Waals surface area contributed by atoms with E-state index in [0.29, 0.717) is 6.54 Å². The first kappa shape index (κ1) is 18.2. The summed E-state index contributed by atoms with van der Waals surface area (Å²) in [5.74, 6) is 0. The van der Waals surface area contributed by atoms with Crippen molar-refractivity contribution >= 4 is 34.2 Å². The van der Waals surface area contributed by atoms with Crippen molar-refractivity contribution in [3.05, 3.63) is 63.9 Å². The number of hydrogen-bond acceptors (Lipinski definition) is 3. The van der Waals surface area contributed by atoms with Crippen LogP contribution in [0.1, 0.15) is 37.5 Å². The molecule has 0 unspecified atom stereocenters. The van der Waals surface area contributed by atoms with Crippen LogP contribution < -0.4 is 5.32 Å². The van der Waals surface area contributed by atoms with E-state index in [0.717, 1.165) is 21.3 Å². The van der Waals surface area contributed by atoms with Crippen molar-refractivity contribution in [2.24, 2.45) is 0 Å². The van der Waals surface area contributed by atoms with E-state index in [9.17, 15) is 4.79 Å². The Labute approximate surface area is 151 Å². The first-order valence-electron chi connectivity index (χ1n) is 7.68. The summed E-state index contributed by atoms with van der Waals surface area (Å²) >= 11 is 3.42. The highest BCUT2D eigenvalue weighted by molar-refractivity contribution is 9.10. The molecule has 1 heterocycles. The van der Waals surface area contributed by atoms with Gasteiger partial charge in [0.05, 0.1) is 0 Å². The van der Waals surface area contributed by atoms with Gasteiger partial charge in [0.25, 0.3) is 0 Å². The predicted octanol–water partition coefficient (Wildman–Crippen LogP) is 5.04. The molecule has 0 aliphatic heterocycles. The predicted molar refractivity (Wildman–Crippen MR) is 100 cm³/mol. The molecule has 1 amide bonds. The molecule has 0 saturated carbocycles. The molecule has 5 heteroatoms. The van der Waals surface area contributed by atoms with E-state index in [1.165, 1.54) is 0 Å². The Morgan fingerprint density at radius 2 is 1.92 bits per heavy atom. The van der Waals surface area contributed by atoms with E-state index in [2.05, 4.69) is 26.2 Å².